The third kappa shape index (κ3) is 1.50. The third-order valence-electron chi connectivity index (χ3n) is 2.04. The topological polar surface area (TPSA) is 70.7 Å². The van der Waals surface area contributed by atoms with Crippen molar-refractivity contribution in [2.45, 2.75) is 0 Å². The van der Waals surface area contributed by atoms with Crippen LogP contribution >= 0.6 is 0 Å². The maximum atomic E-state index is 10.9. The summed E-state index contributed by atoms with van der Waals surface area (Å²) in [5.41, 5.74) is 0.465. The Morgan fingerprint density at radius 1 is 1.53 bits per heavy atom. The van der Waals surface area contributed by atoms with Crippen LogP contribution in [-0.2, 0) is 0 Å². The fourth-order valence-corrected chi connectivity index (χ4v) is 1.26. The Morgan fingerprint density at radius 3 is 2.87 bits per heavy atom. The van der Waals surface area contributed by atoms with Crippen LogP contribution < -0.4 is 4.90 Å². The average Bonchev–Trinajstić information content (AvgIpc) is 2.59. The highest BCUT2D eigenvalue weighted by Gasteiger charge is 2.13. The van der Waals surface area contributed by atoms with Gasteiger partial charge in [-0.3, -0.25) is 0 Å². The lowest BCUT2D eigenvalue weighted by Crippen LogP contribution is -2.11. The predicted octanol–water partition coefficient (Wildman–Crippen LogP) is 0.493. The van der Waals surface area contributed by atoms with Crippen molar-refractivity contribution in [3.8, 4) is 0 Å². The molecule has 0 saturated heterocycles. The molecule has 0 amide bonds. The van der Waals surface area contributed by atoms with Crippen LogP contribution in [0.5, 0.6) is 0 Å². The summed E-state index contributed by atoms with van der Waals surface area (Å²) >= 11 is 0. The van der Waals surface area contributed by atoms with Crippen LogP contribution in [0.15, 0.2) is 18.5 Å². The predicted molar refractivity (Wildman–Crippen MR) is 54.3 cm³/mol. The second-order valence-electron chi connectivity index (χ2n) is 3.31. The summed E-state index contributed by atoms with van der Waals surface area (Å²) in [5, 5.41) is 12.8. The van der Waals surface area contributed by atoms with Crippen molar-refractivity contribution in [2.75, 3.05) is 19.0 Å². The van der Waals surface area contributed by atoms with Gasteiger partial charge in [-0.1, -0.05) is 0 Å². The molecule has 0 unspecified atom stereocenters. The van der Waals surface area contributed by atoms with Crippen molar-refractivity contribution in [3.63, 3.8) is 0 Å². The van der Waals surface area contributed by atoms with Gasteiger partial charge in [0.05, 0.1) is 6.20 Å². The monoisotopic (exact) mass is 206 g/mol. The second-order valence-corrected chi connectivity index (χ2v) is 3.31. The van der Waals surface area contributed by atoms with E-state index in [4.69, 9.17) is 5.11 Å². The molecule has 0 aliphatic carbocycles. The first-order valence-electron chi connectivity index (χ1n) is 4.34. The van der Waals surface area contributed by atoms with Crippen LogP contribution in [0.25, 0.3) is 5.65 Å². The van der Waals surface area contributed by atoms with Crippen molar-refractivity contribution in [1.29, 1.82) is 0 Å². The van der Waals surface area contributed by atoms with E-state index in [9.17, 15) is 4.79 Å². The van der Waals surface area contributed by atoms with Crippen LogP contribution in [0.3, 0.4) is 0 Å². The molecule has 0 radical (unpaired) electrons. The lowest BCUT2D eigenvalue weighted by Gasteiger charge is -2.10. The summed E-state index contributed by atoms with van der Waals surface area (Å²) in [4.78, 5) is 16.9. The number of anilines is 1. The number of hydrogen-bond acceptors (Lipinski definition) is 4. The van der Waals surface area contributed by atoms with Crippen molar-refractivity contribution < 1.29 is 9.90 Å². The van der Waals surface area contributed by atoms with E-state index in [1.165, 1.54) is 10.7 Å². The van der Waals surface area contributed by atoms with Gasteiger partial charge in [-0.15, -0.1) is 0 Å². The van der Waals surface area contributed by atoms with Crippen molar-refractivity contribution in [1.82, 2.24) is 14.6 Å². The fraction of sp³-hybridized carbons (Fsp3) is 0.222. The molecule has 2 rings (SSSR count). The number of fused-ring (bicyclic) bond motifs is 1. The number of hydrogen-bond donors (Lipinski definition) is 1. The Kier molecular flexibility index (Phi) is 2.03. The van der Waals surface area contributed by atoms with Gasteiger partial charge in [0, 0.05) is 20.3 Å². The SMILES string of the molecule is CN(C)c1ccn2ncc(C(=O)O)c2n1. The number of aromatic nitrogens is 3. The molecule has 2 aromatic heterocycles. The zero-order chi connectivity index (χ0) is 11.0. The summed E-state index contributed by atoms with van der Waals surface area (Å²) in [6.07, 6.45) is 2.98. The van der Waals surface area contributed by atoms with E-state index in [0.717, 1.165) is 0 Å². The standard InChI is InChI=1S/C9H10N4O2/c1-12(2)7-3-4-13-8(11-7)6(5-10-13)9(14)15/h3-5H,1-2H3,(H,14,15). The van der Waals surface area contributed by atoms with Gasteiger partial charge < -0.3 is 10.0 Å². The molecule has 1 N–H and O–H groups in total. The molecular formula is C9H10N4O2. The number of nitrogens with zero attached hydrogens (tertiary/aromatic N) is 4. The minimum Gasteiger partial charge on any atom is -0.477 e. The molecule has 0 spiro atoms. The number of rotatable bonds is 2. The van der Waals surface area contributed by atoms with E-state index >= 15 is 0 Å². The van der Waals surface area contributed by atoms with Crippen molar-refractivity contribution >= 4 is 17.4 Å². The van der Waals surface area contributed by atoms with Gasteiger partial charge in [-0.2, -0.15) is 5.10 Å². The summed E-state index contributed by atoms with van der Waals surface area (Å²) in [7, 11) is 3.69. The maximum absolute atomic E-state index is 10.9. The summed E-state index contributed by atoms with van der Waals surface area (Å²) in [6, 6.07) is 1.77. The summed E-state index contributed by atoms with van der Waals surface area (Å²) in [5.74, 6) is -0.320. The molecule has 15 heavy (non-hydrogen) atoms. The molecule has 0 aliphatic rings. The van der Waals surface area contributed by atoms with E-state index in [0.29, 0.717) is 11.5 Å². The number of aromatic carboxylic acids is 1. The van der Waals surface area contributed by atoms with Gasteiger partial charge in [0.15, 0.2) is 5.65 Å². The fourth-order valence-electron chi connectivity index (χ4n) is 1.26. The van der Waals surface area contributed by atoms with E-state index in [1.807, 2.05) is 14.1 Å². The third-order valence-corrected chi connectivity index (χ3v) is 2.04. The highest BCUT2D eigenvalue weighted by atomic mass is 16.4. The minimum atomic E-state index is -1.02. The van der Waals surface area contributed by atoms with Crippen molar-refractivity contribution in [2.24, 2.45) is 0 Å². The minimum absolute atomic E-state index is 0.110. The molecule has 0 fully saturated rings. The quantitative estimate of drug-likeness (QED) is 0.774. The normalized spacial score (nSPS) is 10.5. The molecule has 2 aromatic rings. The summed E-state index contributed by atoms with van der Waals surface area (Å²) in [6.45, 7) is 0. The Labute approximate surface area is 85.8 Å². The van der Waals surface area contributed by atoms with Crippen LogP contribution in [0, 0.1) is 0 Å². The van der Waals surface area contributed by atoms with E-state index < -0.39 is 5.97 Å². The van der Waals surface area contributed by atoms with Gasteiger partial charge >= 0.3 is 5.97 Å². The van der Waals surface area contributed by atoms with Crippen LogP contribution in [-0.4, -0.2) is 39.8 Å². The molecule has 0 aromatic carbocycles. The van der Waals surface area contributed by atoms with Gasteiger partial charge in [-0.05, 0) is 6.07 Å². The highest BCUT2D eigenvalue weighted by Crippen LogP contribution is 2.12. The first-order chi connectivity index (χ1) is 7.09. The molecule has 6 heteroatoms. The summed E-state index contributed by atoms with van der Waals surface area (Å²) < 4.78 is 1.44. The van der Waals surface area contributed by atoms with E-state index in [2.05, 4.69) is 10.1 Å². The lowest BCUT2D eigenvalue weighted by molar-refractivity contribution is 0.0699. The highest BCUT2D eigenvalue weighted by molar-refractivity contribution is 5.94. The van der Waals surface area contributed by atoms with Gasteiger partial charge in [0.2, 0.25) is 0 Å². The van der Waals surface area contributed by atoms with Gasteiger partial charge in [0.1, 0.15) is 11.4 Å². The lowest BCUT2D eigenvalue weighted by atomic mass is 10.3. The molecule has 0 saturated carbocycles. The zero-order valence-electron chi connectivity index (χ0n) is 8.38. The van der Waals surface area contributed by atoms with Gasteiger partial charge in [-0.25, -0.2) is 14.3 Å². The molecule has 2 heterocycles. The first kappa shape index (κ1) is 9.45. The smallest absolute Gasteiger partial charge is 0.341 e. The Hall–Kier alpha value is -2.11. The van der Waals surface area contributed by atoms with Crippen molar-refractivity contribution in [3.05, 3.63) is 24.0 Å². The van der Waals surface area contributed by atoms with Crippen LogP contribution in [0.4, 0.5) is 5.82 Å². The second kappa shape index (κ2) is 3.23. The number of carboxylic acid groups (broad SMARTS) is 1. The van der Waals surface area contributed by atoms with Crippen LogP contribution in [0.1, 0.15) is 10.4 Å². The number of carboxylic acids is 1. The molecule has 6 nitrogen and oxygen atoms in total. The van der Waals surface area contributed by atoms with Crippen LogP contribution in [0.2, 0.25) is 0 Å². The molecular weight excluding hydrogens is 196 g/mol. The Balaban J connectivity index is 2.66. The van der Waals surface area contributed by atoms with Gasteiger partial charge in [0.25, 0.3) is 0 Å². The van der Waals surface area contributed by atoms with E-state index in [1.54, 1.807) is 17.2 Å². The average molecular weight is 206 g/mol. The Bertz CT molecular complexity index is 518. The molecule has 78 valence electrons. The largest absolute Gasteiger partial charge is 0.477 e. The molecule has 0 bridgehead atoms. The molecule has 0 atom stereocenters. The number of carbonyl (C=O) groups is 1. The maximum Gasteiger partial charge on any atom is 0.341 e. The molecule has 0 aliphatic heterocycles. The Morgan fingerprint density at radius 2 is 2.27 bits per heavy atom. The zero-order valence-corrected chi connectivity index (χ0v) is 8.38. The van der Waals surface area contributed by atoms with E-state index in [-0.39, 0.29) is 5.56 Å². The first-order valence-corrected chi connectivity index (χ1v) is 4.34.